The van der Waals surface area contributed by atoms with Crippen LogP contribution in [0.3, 0.4) is 0 Å². The van der Waals surface area contributed by atoms with Crippen LogP contribution in [0.1, 0.15) is 25.7 Å². The third-order valence-corrected chi connectivity index (χ3v) is 2.87. The lowest BCUT2D eigenvalue weighted by Crippen LogP contribution is -2.14. The van der Waals surface area contributed by atoms with Gasteiger partial charge in [0.05, 0.1) is 4.92 Å². The van der Waals surface area contributed by atoms with Crippen molar-refractivity contribution in [2.75, 3.05) is 5.32 Å². The summed E-state index contributed by atoms with van der Waals surface area (Å²) >= 11 is 0. The molecule has 0 spiro atoms. The highest BCUT2D eigenvalue weighted by atomic mass is 19.1. The average Bonchev–Trinajstić information content (AvgIpc) is 2.70. The topological polar surface area (TPSA) is 55.2 Å². The maximum absolute atomic E-state index is 13.3. The predicted octanol–water partition coefficient (Wildman–Crippen LogP) is 3.09. The summed E-state index contributed by atoms with van der Waals surface area (Å²) in [6.07, 6.45) is 4.54. The molecule has 0 heterocycles. The summed E-state index contributed by atoms with van der Waals surface area (Å²) in [6.45, 7) is 0. The van der Waals surface area contributed by atoms with Gasteiger partial charge >= 0.3 is 5.69 Å². The van der Waals surface area contributed by atoms with Crippen molar-refractivity contribution in [2.24, 2.45) is 0 Å². The zero-order valence-electron chi connectivity index (χ0n) is 8.78. The van der Waals surface area contributed by atoms with Gasteiger partial charge in [-0.25, -0.2) is 0 Å². The molecule has 0 bridgehead atoms. The number of nitro groups is 1. The molecule has 0 unspecified atom stereocenters. The molecule has 0 atom stereocenters. The lowest BCUT2D eigenvalue weighted by Gasteiger charge is -2.13. The summed E-state index contributed by atoms with van der Waals surface area (Å²) in [4.78, 5) is 9.71. The van der Waals surface area contributed by atoms with E-state index in [0.717, 1.165) is 12.8 Å². The molecule has 5 heteroatoms. The van der Waals surface area contributed by atoms with Crippen LogP contribution >= 0.6 is 0 Å². The van der Waals surface area contributed by atoms with E-state index in [4.69, 9.17) is 0 Å². The molecule has 0 aliphatic heterocycles. The second kappa shape index (κ2) is 4.47. The normalized spacial score (nSPS) is 16.3. The first-order valence-electron chi connectivity index (χ1n) is 5.37. The average molecular weight is 224 g/mol. The van der Waals surface area contributed by atoms with E-state index in [1.807, 2.05) is 0 Å². The number of hydrogen-bond donors (Lipinski definition) is 1. The van der Waals surface area contributed by atoms with E-state index >= 15 is 0 Å². The summed E-state index contributed by atoms with van der Waals surface area (Å²) in [5.74, 6) is -0.784. The van der Waals surface area contributed by atoms with Crippen LogP contribution in [0.4, 0.5) is 15.8 Å². The van der Waals surface area contributed by atoms with E-state index in [9.17, 15) is 14.5 Å². The van der Waals surface area contributed by atoms with E-state index in [0.29, 0.717) is 11.7 Å². The molecule has 16 heavy (non-hydrogen) atoms. The smallest absolute Gasteiger partial charge is 0.304 e. The predicted molar refractivity (Wildman–Crippen MR) is 58.9 cm³/mol. The van der Waals surface area contributed by atoms with Crippen molar-refractivity contribution in [2.45, 2.75) is 31.7 Å². The number of hydrogen-bond acceptors (Lipinski definition) is 3. The van der Waals surface area contributed by atoms with Crippen molar-refractivity contribution >= 4 is 11.4 Å². The Kier molecular flexibility index (Phi) is 3.03. The first kappa shape index (κ1) is 10.9. The fourth-order valence-corrected chi connectivity index (χ4v) is 2.05. The Morgan fingerprint density at radius 3 is 2.62 bits per heavy atom. The minimum atomic E-state index is -0.784. The Hall–Kier alpha value is -1.65. The van der Waals surface area contributed by atoms with E-state index in [-0.39, 0.29) is 0 Å². The molecule has 1 aliphatic carbocycles. The van der Waals surface area contributed by atoms with Gasteiger partial charge in [-0.1, -0.05) is 12.8 Å². The highest BCUT2D eigenvalue weighted by Crippen LogP contribution is 2.25. The van der Waals surface area contributed by atoms with Crippen molar-refractivity contribution in [1.82, 2.24) is 0 Å². The molecule has 1 aromatic carbocycles. The monoisotopic (exact) mass is 224 g/mol. The van der Waals surface area contributed by atoms with Crippen molar-refractivity contribution in [3.63, 3.8) is 0 Å². The fourth-order valence-electron chi connectivity index (χ4n) is 2.05. The van der Waals surface area contributed by atoms with Crippen LogP contribution in [-0.4, -0.2) is 11.0 Å². The number of anilines is 1. The zero-order chi connectivity index (χ0) is 11.5. The van der Waals surface area contributed by atoms with Gasteiger partial charge in [0.25, 0.3) is 0 Å². The summed E-state index contributed by atoms with van der Waals surface area (Å²) in [5, 5.41) is 13.6. The van der Waals surface area contributed by atoms with Gasteiger partial charge in [-0.3, -0.25) is 10.1 Å². The number of rotatable bonds is 3. The van der Waals surface area contributed by atoms with Gasteiger partial charge in [0, 0.05) is 23.9 Å². The van der Waals surface area contributed by atoms with Crippen LogP contribution in [0.25, 0.3) is 0 Å². The minimum Gasteiger partial charge on any atom is -0.382 e. The Morgan fingerprint density at radius 1 is 1.38 bits per heavy atom. The van der Waals surface area contributed by atoms with Crippen LogP contribution in [0.5, 0.6) is 0 Å². The number of nitro benzene ring substituents is 1. The van der Waals surface area contributed by atoms with Gasteiger partial charge in [0.1, 0.15) is 0 Å². The zero-order valence-corrected chi connectivity index (χ0v) is 8.78. The minimum absolute atomic E-state index is 0.376. The molecular formula is C11H13FN2O2. The standard InChI is InChI=1S/C11H13FN2O2/c12-10-7-9(5-6-11(10)14(15)16)13-8-3-1-2-4-8/h5-8,13H,1-4H2. The SMILES string of the molecule is O=[N+]([O-])c1ccc(NC2CCCC2)cc1F. The molecular weight excluding hydrogens is 211 g/mol. The Bertz CT molecular complexity index is 403. The molecule has 0 amide bonds. The molecule has 0 saturated heterocycles. The van der Waals surface area contributed by atoms with Gasteiger partial charge in [-0.2, -0.15) is 4.39 Å². The van der Waals surface area contributed by atoms with Crippen molar-refractivity contribution in [3.8, 4) is 0 Å². The lowest BCUT2D eigenvalue weighted by atomic mass is 10.2. The van der Waals surface area contributed by atoms with Crippen LogP contribution in [0, 0.1) is 15.9 Å². The molecule has 1 aliphatic rings. The van der Waals surface area contributed by atoms with Gasteiger partial charge in [-0.15, -0.1) is 0 Å². The van der Waals surface area contributed by atoms with Gasteiger partial charge in [0.2, 0.25) is 5.82 Å². The second-order valence-corrected chi connectivity index (χ2v) is 4.05. The maximum atomic E-state index is 13.3. The molecule has 0 aromatic heterocycles. The summed E-state index contributed by atoms with van der Waals surface area (Å²) in [6, 6.07) is 4.32. The second-order valence-electron chi connectivity index (χ2n) is 4.05. The largest absolute Gasteiger partial charge is 0.382 e. The number of nitrogens with zero attached hydrogens (tertiary/aromatic N) is 1. The van der Waals surface area contributed by atoms with Gasteiger partial charge in [0.15, 0.2) is 0 Å². The molecule has 1 aromatic rings. The number of halogens is 1. The third kappa shape index (κ3) is 2.29. The highest BCUT2D eigenvalue weighted by Gasteiger charge is 2.17. The van der Waals surface area contributed by atoms with E-state index in [1.54, 1.807) is 6.07 Å². The molecule has 0 radical (unpaired) electrons. The van der Waals surface area contributed by atoms with Gasteiger partial charge in [-0.05, 0) is 18.9 Å². The van der Waals surface area contributed by atoms with Crippen molar-refractivity contribution in [1.29, 1.82) is 0 Å². The van der Waals surface area contributed by atoms with Crippen LogP contribution in [-0.2, 0) is 0 Å². The van der Waals surface area contributed by atoms with Crippen molar-refractivity contribution in [3.05, 3.63) is 34.1 Å². The Morgan fingerprint density at radius 2 is 2.06 bits per heavy atom. The first-order valence-corrected chi connectivity index (χ1v) is 5.37. The molecule has 1 N–H and O–H groups in total. The van der Waals surface area contributed by atoms with Crippen molar-refractivity contribution < 1.29 is 9.31 Å². The highest BCUT2D eigenvalue weighted by molar-refractivity contribution is 5.50. The molecule has 2 rings (SSSR count). The molecule has 4 nitrogen and oxygen atoms in total. The quantitative estimate of drug-likeness (QED) is 0.634. The number of nitrogens with one attached hydrogen (secondary N) is 1. The summed E-state index contributed by atoms with van der Waals surface area (Å²) in [7, 11) is 0. The molecule has 1 saturated carbocycles. The summed E-state index contributed by atoms with van der Waals surface area (Å²) < 4.78 is 13.3. The van der Waals surface area contributed by atoms with Crippen LogP contribution in [0.15, 0.2) is 18.2 Å². The lowest BCUT2D eigenvalue weighted by molar-refractivity contribution is -0.387. The maximum Gasteiger partial charge on any atom is 0.304 e. The summed E-state index contributed by atoms with van der Waals surface area (Å²) in [5.41, 5.74) is 0.145. The van der Waals surface area contributed by atoms with Gasteiger partial charge < -0.3 is 5.32 Å². The van der Waals surface area contributed by atoms with E-state index in [2.05, 4.69) is 5.32 Å². The van der Waals surface area contributed by atoms with Crippen LogP contribution in [0.2, 0.25) is 0 Å². The molecule has 86 valence electrons. The number of benzene rings is 1. The third-order valence-electron chi connectivity index (χ3n) is 2.87. The Balaban J connectivity index is 2.11. The van der Waals surface area contributed by atoms with Crippen LogP contribution < -0.4 is 5.32 Å². The Labute approximate surface area is 92.6 Å². The van der Waals surface area contributed by atoms with E-state index in [1.165, 1.54) is 25.0 Å². The van der Waals surface area contributed by atoms with E-state index < -0.39 is 16.4 Å². The molecule has 1 fully saturated rings. The fraction of sp³-hybridized carbons (Fsp3) is 0.455. The first-order chi connectivity index (χ1) is 7.66.